The molecular weight excluding hydrogens is 248 g/mol. The molecule has 0 atom stereocenters. The standard InChI is InChI=1S/C6H5.2C5H5.Fe/c1-2-4-6-5-3-1;2*1-2-4-5-3-1;/h1-5H;2*1-5H;/q3*-1;+3. The van der Waals surface area contributed by atoms with E-state index in [2.05, 4.69) is 6.07 Å². The van der Waals surface area contributed by atoms with Crippen molar-refractivity contribution in [3.63, 3.8) is 0 Å². The van der Waals surface area contributed by atoms with E-state index in [1.54, 1.807) is 0 Å². The fraction of sp³-hybridized carbons (Fsp3) is 0. The summed E-state index contributed by atoms with van der Waals surface area (Å²) in [5, 5.41) is 0. The molecule has 0 amide bonds. The number of hydrogen-bond acceptors (Lipinski definition) is 0. The Labute approximate surface area is 114 Å². The third-order valence-corrected chi connectivity index (χ3v) is 1.72. The zero-order chi connectivity index (χ0) is 11.3. The van der Waals surface area contributed by atoms with Gasteiger partial charge in [0.05, 0.1) is 0 Å². The number of rotatable bonds is 0. The van der Waals surface area contributed by atoms with Crippen LogP contribution in [0, 0.1) is 6.07 Å². The maximum absolute atomic E-state index is 2.89. The maximum atomic E-state index is 2.89. The Hall–Kier alpha value is -1.56. The van der Waals surface area contributed by atoms with E-state index in [9.17, 15) is 0 Å². The summed E-state index contributed by atoms with van der Waals surface area (Å²) in [7, 11) is 0. The van der Waals surface area contributed by atoms with Gasteiger partial charge in [0.15, 0.2) is 0 Å². The summed E-state index contributed by atoms with van der Waals surface area (Å²) in [5.74, 6) is 0. The molecule has 0 saturated heterocycles. The molecule has 0 unspecified atom stereocenters. The topological polar surface area (TPSA) is 0 Å². The van der Waals surface area contributed by atoms with Gasteiger partial charge in [-0.2, -0.15) is 72.8 Å². The molecule has 0 saturated carbocycles. The minimum Gasteiger partial charge on any atom is -0.214 e. The van der Waals surface area contributed by atoms with E-state index >= 15 is 0 Å². The van der Waals surface area contributed by atoms with Crippen molar-refractivity contribution < 1.29 is 17.1 Å². The van der Waals surface area contributed by atoms with Gasteiger partial charge in [0.2, 0.25) is 0 Å². The van der Waals surface area contributed by atoms with Crippen molar-refractivity contribution in [2.75, 3.05) is 0 Å². The van der Waals surface area contributed by atoms with Crippen LogP contribution in [0.15, 0.2) is 91.0 Å². The van der Waals surface area contributed by atoms with Crippen LogP contribution >= 0.6 is 0 Å². The van der Waals surface area contributed by atoms with Crippen LogP contribution in [0.1, 0.15) is 0 Å². The van der Waals surface area contributed by atoms with Gasteiger partial charge in [-0.1, -0.05) is 0 Å². The van der Waals surface area contributed by atoms with E-state index in [0.29, 0.717) is 0 Å². The molecule has 3 aromatic rings. The summed E-state index contributed by atoms with van der Waals surface area (Å²) in [5.41, 5.74) is 0. The van der Waals surface area contributed by atoms with Crippen molar-refractivity contribution in [1.29, 1.82) is 0 Å². The average molecular weight is 263 g/mol. The SMILES string of the molecule is [Fe+3].[c-]1ccccc1.c1cc[cH-]c1.c1cc[cH-]c1. The van der Waals surface area contributed by atoms with Crippen LogP contribution < -0.4 is 0 Å². The van der Waals surface area contributed by atoms with Gasteiger partial charge in [-0.15, -0.1) is 0 Å². The van der Waals surface area contributed by atoms with E-state index in [-0.39, 0.29) is 17.1 Å². The largest absolute Gasteiger partial charge is 3.00 e. The molecule has 0 aromatic heterocycles. The quantitative estimate of drug-likeness (QED) is 0.419. The molecule has 1 radical (unpaired) electrons. The first-order valence-corrected chi connectivity index (χ1v) is 5.24. The van der Waals surface area contributed by atoms with Crippen LogP contribution in [0.25, 0.3) is 0 Å². The predicted molar refractivity (Wildman–Crippen MR) is 69.3 cm³/mol. The summed E-state index contributed by atoms with van der Waals surface area (Å²) < 4.78 is 0. The Morgan fingerprint density at radius 3 is 1.06 bits per heavy atom. The Morgan fingerprint density at radius 2 is 0.941 bits per heavy atom. The molecule has 3 aromatic carbocycles. The van der Waals surface area contributed by atoms with Crippen LogP contribution in [0.4, 0.5) is 0 Å². The molecule has 0 N–H and O–H groups in total. The fourth-order valence-electron chi connectivity index (χ4n) is 0.983. The first kappa shape index (κ1) is 15.4. The Kier molecular flexibility index (Phi) is 11.4. The van der Waals surface area contributed by atoms with Crippen LogP contribution in [0.3, 0.4) is 0 Å². The summed E-state index contributed by atoms with van der Waals surface area (Å²) in [4.78, 5) is 0. The number of hydrogen-bond donors (Lipinski definition) is 0. The molecule has 0 spiro atoms. The molecule has 0 bridgehead atoms. The second-order valence-corrected chi connectivity index (χ2v) is 3.00. The first-order valence-electron chi connectivity index (χ1n) is 5.24. The van der Waals surface area contributed by atoms with E-state index in [0.717, 1.165) is 0 Å². The van der Waals surface area contributed by atoms with Crippen LogP contribution in [0.2, 0.25) is 0 Å². The van der Waals surface area contributed by atoms with Crippen molar-refractivity contribution >= 4 is 0 Å². The van der Waals surface area contributed by atoms with E-state index in [1.807, 2.05) is 91.0 Å². The molecule has 17 heavy (non-hydrogen) atoms. The fourth-order valence-corrected chi connectivity index (χ4v) is 0.983. The summed E-state index contributed by atoms with van der Waals surface area (Å²) in [6.45, 7) is 0. The second-order valence-electron chi connectivity index (χ2n) is 3.00. The maximum Gasteiger partial charge on any atom is 3.00 e. The Balaban J connectivity index is 0.000000221. The van der Waals surface area contributed by atoms with Crippen molar-refractivity contribution in [3.05, 3.63) is 97.1 Å². The third kappa shape index (κ3) is 10.7. The summed E-state index contributed by atoms with van der Waals surface area (Å²) in [6.07, 6.45) is 0. The molecule has 3 rings (SSSR count). The summed E-state index contributed by atoms with van der Waals surface area (Å²) in [6, 6.07) is 32.5. The van der Waals surface area contributed by atoms with Crippen molar-refractivity contribution in [1.82, 2.24) is 0 Å². The van der Waals surface area contributed by atoms with E-state index in [1.165, 1.54) is 0 Å². The van der Waals surface area contributed by atoms with Crippen LogP contribution in [-0.4, -0.2) is 0 Å². The molecule has 1 heteroatoms. The van der Waals surface area contributed by atoms with Crippen LogP contribution in [-0.2, 0) is 17.1 Å². The van der Waals surface area contributed by atoms with Gasteiger partial charge in [0.1, 0.15) is 0 Å². The third-order valence-electron chi connectivity index (χ3n) is 1.72. The molecule has 0 aliphatic rings. The number of benzene rings is 1. The van der Waals surface area contributed by atoms with Crippen molar-refractivity contribution in [2.24, 2.45) is 0 Å². The van der Waals surface area contributed by atoms with Crippen molar-refractivity contribution in [3.8, 4) is 0 Å². The molecule has 0 heterocycles. The normalized spacial score (nSPS) is 7.53. The molecule has 0 aliphatic carbocycles. The molecular formula is C16H15Fe. The monoisotopic (exact) mass is 263 g/mol. The van der Waals surface area contributed by atoms with Gasteiger partial charge >= 0.3 is 17.1 Å². The molecule has 0 aliphatic heterocycles. The molecule has 87 valence electrons. The van der Waals surface area contributed by atoms with Gasteiger partial charge in [-0.3, -0.25) is 0 Å². The van der Waals surface area contributed by atoms with Gasteiger partial charge < -0.3 is 0 Å². The van der Waals surface area contributed by atoms with Crippen LogP contribution in [0.5, 0.6) is 0 Å². The van der Waals surface area contributed by atoms with Gasteiger partial charge in [0.25, 0.3) is 0 Å². The summed E-state index contributed by atoms with van der Waals surface area (Å²) >= 11 is 0. The van der Waals surface area contributed by atoms with Gasteiger partial charge in [-0.05, 0) is 0 Å². The average Bonchev–Trinajstić information content (AvgIpc) is 3.10. The van der Waals surface area contributed by atoms with Gasteiger partial charge in [-0.25, -0.2) is 24.3 Å². The van der Waals surface area contributed by atoms with Gasteiger partial charge in [0, 0.05) is 0 Å². The minimum absolute atomic E-state index is 0. The zero-order valence-corrected chi connectivity index (χ0v) is 10.6. The molecule has 0 fully saturated rings. The first-order chi connectivity index (χ1) is 8.00. The predicted octanol–water partition coefficient (Wildman–Crippen LogP) is 4.30. The molecule has 0 nitrogen and oxygen atoms in total. The van der Waals surface area contributed by atoms with E-state index < -0.39 is 0 Å². The van der Waals surface area contributed by atoms with Crippen molar-refractivity contribution in [2.45, 2.75) is 0 Å². The minimum atomic E-state index is 0. The zero-order valence-electron chi connectivity index (χ0n) is 9.51. The Bertz CT molecular complexity index is 297. The smallest absolute Gasteiger partial charge is 0.214 e. The Morgan fingerprint density at radius 1 is 0.529 bits per heavy atom. The second kappa shape index (κ2) is 12.5. The van der Waals surface area contributed by atoms with E-state index in [4.69, 9.17) is 0 Å².